The molecule has 0 unspecified atom stereocenters. The van der Waals surface area contributed by atoms with Crippen LogP contribution in [0.1, 0.15) is 23.0 Å². The van der Waals surface area contributed by atoms with Gasteiger partial charge in [0.2, 0.25) is 5.58 Å². The molecule has 23 heavy (non-hydrogen) atoms. The molecule has 0 bridgehead atoms. The van der Waals surface area contributed by atoms with Gasteiger partial charge in [-0.05, 0) is 24.6 Å². The molecular weight excluding hydrogens is 290 g/mol. The molecule has 0 saturated carbocycles. The maximum absolute atomic E-state index is 12.3. The van der Waals surface area contributed by atoms with Crippen molar-refractivity contribution in [2.24, 2.45) is 5.73 Å². The summed E-state index contributed by atoms with van der Waals surface area (Å²) >= 11 is 0. The fraction of sp³-hybridized carbons (Fsp3) is 0.111. The number of aryl methyl sites for hydroxylation is 1. The quantitative estimate of drug-likeness (QED) is 0.596. The second-order valence-corrected chi connectivity index (χ2v) is 5.62. The summed E-state index contributed by atoms with van der Waals surface area (Å²) in [7, 11) is 0. The number of aromatic amines is 1. The third-order valence-corrected chi connectivity index (χ3v) is 3.95. The SMILES string of the molecule is Cc1ccc2oc3c(=O)[nH]c([C@@H](N)c4ccccc4)nc3c2c1. The van der Waals surface area contributed by atoms with E-state index in [4.69, 9.17) is 10.2 Å². The molecule has 0 radical (unpaired) electrons. The summed E-state index contributed by atoms with van der Waals surface area (Å²) in [6.45, 7) is 1.99. The molecule has 5 heteroatoms. The van der Waals surface area contributed by atoms with E-state index in [0.717, 1.165) is 16.5 Å². The van der Waals surface area contributed by atoms with Gasteiger partial charge in [-0.1, -0.05) is 42.0 Å². The number of nitrogens with one attached hydrogen (secondary N) is 1. The highest BCUT2D eigenvalue weighted by Gasteiger charge is 2.17. The van der Waals surface area contributed by atoms with Crippen molar-refractivity contribution in [3.8, 4) is 0 Å². The molecule has 0 aliphatic heterocycles. The molecule has 2 heterocycles. The Balaban J connectivity index is 1.97. The topological polar surface area (TPSA) is 84.9 Å². The fourth-order valence-corrected chi connectivity index (χ4v) is 2.75. The molecule has 4 aromatic rings. The van der Waals surface area contributed by atoms with E-state index in [1.165, 1.54) is 0 Å². The normalized spacial score (nSPS) is 12.8. The number of hydrogen-bond acceptors (Lipinski definition) is 4. The van der Waals surface area contributed by atoms with Gasteiger partial charge in [0, 0.05) is 5.39 Å². The van der Waals surface area contributed by atoms with Gasteiger partial charge in [0.15, 0.2) is 0 Å². The number of rotatable bonds is 2. The maximum Gasteiger partial charge on any atom is 0.294 e. The summed E-state index contributed by atoms with van der Waals surface area (Å²) in [5.41, 5.74) is 9.34. The number of nitrogens with zero attached hydrogens (tertiary/aromatic N) is 1. The highest BCUT2D eigenvalue weighted by Crippen LogP contribution is 2.27. The number of aromatic nitrogens is 2. The van der Waals surface area contributed by atoms with Crippen molar-refractivity contribution in [3.05, 3.63) is 75.8 Å². The summed E-state index contributed by atoms with van der Waals surface area (Å²) in [5.74, 6) is 0.429. The van der Waals surface area contributed by atoms with E-state index in [9.17, 15) is 4.79 Å². The Bertz CT molecular complexity index is 1060. The van der Waals surface area contributed by atoms with Crippen LogP contribution in [0.25, 0.3) is 22.1 Å². The number of benzene rings is 2. The molecule has 0 aliphatic rings. The van der Waals surface area contributed by atoms with E-state index in [2.05, 4.69) is 9.97 Å². The van der Waals surface area contributed by atoms with Crippen molar-refractivity contribution in [2.75, 3.05) is 0 Å². The molecule has 5 nitrogen and oxygen atoms in total. The first-order valence-corrected chi connectivity index (χ1v) is 7.37. The lowest BCUT2D eigenvalue weighted by molar-refractivity contribution is 0.657. The largest absolute Gasteiger partial charge is 0.449 e. The van der Waals surface area contributed by atoms with Crippen molar-refractivity contribution < 1.29 is 4.42 Å². The third kappa shape index (κ3) is 2.22. The number of nitrogens with two attached hydrogens (primary N) is 1. The molecule has 4 rings (SSSR count). The smallest absolute Gasteiger partial charge is 0.294 e. The lowest BCUT2D eigenvalue weighted by Crippen LogP contribution is -2.20. The fourth-order valence-electron chi connectivity index (χ4n) is 2.75. The van der Waals surface area contributed by atoms with Crippen LogP contribution >= 0.6 is 0 Å². The van der Waals surface area contributed by atoms with Gasteiger partial charge in [-0.25, -0.2) is 4.98 Å². The zero-order valence-corrected chi connectivity index (χ0v) is 12.5. The predicted molar refractivity (Wildman–Crippen MR) is 89.3 cm³/mol. The molecule has 0 amide bonds. The van der Waals surface area contributed by atoms with E-state index in [1.807, 2.05) is 55.5 Å². The summed E-state index contributed by atoms with van der Waals surface area (Å²) in [6.07, 6.45) is 0. The zero-order valence-electron chi connectivity index (χ0n) is 12.5. The maximum atomic E-state index is 12.3. The molecular formula is C18H15N3O2. The highest BCUT2D eigenvalue weighted by molar-refractivity contribution is 6.02. The van der Waals surface area contributed by atoms with Gasteiger partial charge >= 0.3 is 0 Å². The molecule has 114 valence electrons. The van der Waals surface area contributed by atoms with Gasteiger partial charge in [0.05, 0.1) is 6.04 Å². The second kappa shape index (κ2) is 5.07. The number of fused-ring (bicyclic) bond motifs is 3. The van der Waals surface area contributed by atoms with Crippen molar-refractivity contribution in [2.45, 2.75) is 13.0 Å². The third-order valence-electron chi connectivity index (χ3n) is 3.95. The predicted octanol–water partition coefficient (Wildman–Crippen LogP) is 3.03. The van der Waals surface area contributed by atoms with Crippen LogP contribution in [0, 0.1) is 6.92 Å². The van der Waals surface area contributed by atoms with E-state index in [-0.39, 0.29) is 11.1 Å². The Hall–Kier alpha value is -2.92. The van der Waals surface area contributed by atoms with E-state index in [0.29, 0.717) is 16.9 Å². The lowest BCUT2D eigenvalue weighted by atomic mass is 10.1. The van der Waals surface area contributed by atoms with Crippen LogP contribution in [0.4, 0.5) is 0 Å². The Morgan fingerprint density at radius 2 is 1.96 bits per heavy atom. The molecule has 0 aliphatic carbocycles. The average molecular weight is 305 g/mol. The first kappa shape index (κ1) is 13.7. The van der Waals surface area contributed by atoms with Gasteiger partial charge < -0.3 is 15.1 Å². The Labute approximate surface area is 131 Å². The van der Waals surface area contributed by atoms with Crippen molar-refractivity contribution >= 4 is 22.1 Å². The number of hydrogen-bond donors (Lipinski definition) is 2. The first-order valence-electron chi connectivity index (χ1n) is 7.37. The van der Waals surface area contributed by atoms with Gasteiger partial charge in [-0.2, -0.15) is 0 Å². The van der Waals surface area contributed by atoms with Crippen LogP contribution in [0.3, 0.4) is 0 Å². The molecule has 0 saturated heterocycles. The lowest BCUT2D eigenvalue weighted by Gasteiger charge is -2.10. The summed E-state index contributed by atoms with van der Waals surface area (Å²) in [6, 6.07) is 14.8. The zero-order chi connectivity index (χ0) is 16.0. The van der Waals surface area contributed by atoms with Crippen LogP contribution in [0.2, 0.25) is 0 Å². The minimum Gasteiger partial charge on any atom is -0.449 e. The minimum atomic E-state index is -0.497. The van der Waals surface area contributed by atoms with E-state index >= 15 is 0 Å². The van der Waals surface area contributed by atoms with Crippen LogP contribution in [0.5, 0.6) is 0 Å². The average Bonchev–Trinajstić information content (AvgIpc) is 2.93. The minimum absolute atomic E-state index is 0.231. The van der Waals surface area contributed by atoms with Crippen molar-refractivity contribution in [3.63, 3.8) is 0 Å². The Morgan fingerprint density at radius 1 is 1.17 bits per heavy atom. The van der Waals surface area contributed by atoms with Gasteiger partial charge in [0.1, 0.15) is 16.9 Å². The van der Waals surface area contributed by atoms with Crippen LogP contribution in [-0.4, -0.2) is 9.97 Å². The van der Waals surface area contributed by atoms with Crippen LogP contribution in [-0.2, 0) is 0 Å². The standard InChI is InChI=1S/C18H15N3O2/c1-10-7-8-13-12(9-10)15-16(23-13)18(22)21-17(20-15)14(19)11-5-3-2-4-6-11/h2-9,14H,19H2,1H3,(H,20,21,22)/t14-/m0/s1. The van der Waals surface area contributed by atoms with E-state index < -0.39 is 6.04 Å². The first-order chi connectivity index (χ1) is 11.1. The van der Waals surface area contributed by atoms with Crippen LogP contribution in [0.15, 0.2) is 57.7 Å². The molecule has 1 atom stereocenters. The molecule has 0 fully saturated rings. The molecule has 2 aromatic carbocycles. The molecule has 3 N–H and O–H groups in total. The number of H-pyrrole nitrogens is 1. The second-order valence-electron chi connectivity index (χ2n) is 5.62. The number of furan rings is 1. The van der Waals surface area contributed by atoms with E-state index in [1.54, 1.807) is 0 Å². The summed E-state index contributed by atoms with van der Waals surface area (Å²) in [5, 5.41) is 0.826. The summed E-state index contributed by atoms with van der Waals surface area (Å²) < 4.78 is 5.63. The molecule has 2 aromatic heterocycles. The van der Waals surface area contributed by atoms with Crippen LogP contribution < -0.4 is 11.3 Å². The Kier molecular flexibility index (Phi) is 3.02. The Morgan fingerprint density at radius 3 is 2.74 bits per heavy atom. The van der Waals surface area contributed by atoms with Gasteiger partial charge in [-0.3, -0.25) is 4.79 Å². The highest BCUT2D eigenvalue weighted by atomic mass is 16.3. The monoisotopic (exact) mass is 305 g/mol. The van der Waals surface area contributed by atoms with Gasteiger partial charge in [-0.15, -0.1) is 0 Å². The van der Waals surface area contributed by atoms with Crippen molar-refractivity contribution in [1.82, 2.24) is 9.97 Å². The molecule has 0 spiro atoms. The summed E-state index contributed by atoms with van der Waals surface area (Å²) in [4.78, 5) is 19.7. The van der Waals surface area contributed by atoms with Crippen molar-refractivity contribution in [1.29, 1.82) is 0 Å². The van der Waals surface area contributed by atoms with Gasteiger partial charge in [0.25, 0.3) is 5.56 Å².